The minimum Gasteiger partial charge on any atom is -0.363 e. The highest BCUT2D eigenvalue weighted by Gasteiger charge is 2.14. The molecule has 4 nitrogen and oxygen atoms in total. The number of hydrogen-bond donors (Lipinski definition) is 1. The van der Waals surface area contributed by atoms with Gasteiger partial charge in [-0.25, -0.2) is 4.98 Å². The summed E-state index contributed by atoms with van der Waals surface area (Å²) in [6, 6.07) is 23.1. The zero-order chi connectivity index (χ0) is 18.6. The number of rotatable bonds is 6. The Hall–Kier alpha value is -3.14. The molecule has 2 aromatic carbocycles. The van der Waals surface area contributed by atoms with Gasteiger partial charge in [0, 0.05) is 23.4 Å². The zero-order valence-corrected chi connectivity index (χ0v) is 15.8. The highest BCUT2D eigenvalue weighted by molar-refractivity contribution is 5.78. The molecule has 2 aromatic heterocycles. The van der Waals surface area contributed by atoms with Crippen LogP contribution in [-0.2, 0) is 6.42 Å². The molecule has 0 saturated heterocycles. The van der Waals surface area contributed by atoms with E-state index in [1.165, 1.54) is 5.56 Å². The highest BCUT2D eigenvalue weighted by Crippen LogP contribution is 2.27. The van der Waals surface area contributed by atoms with Gasteiger partial charge in [0.15, 0.2) is 5.65 Å². The molecule has 1 atom stereocenters. The number of aromatic nitrogens is 3. The van der Waals surface area contributed by atoms with E-state index in [4.69, 9.17) is 4.98 Å². The summed E-state index contributed by atoms with van der Waals surface area (Å²) in [4.78, 5) is 4.90. The van der Waals surface area contributed by atoms with Crippen LogP contribution in [0.2, 0.25) is 0 Å². The lowest BCUT2D eigenvalue weighted by Crippen LogP contribution is -2.11. The molecule has 1 N–H and O–H groups in total. The van der Waals surface area contributed by atoms with Gasteiger partial charge in [0.1, 0.15) is 5.82 Å². The number of hydrogen-bond acceptors (Lipinski definition) is 3. The van der Waals surface area contributed by atoms with E-state index in [9.17, 15) is 0 Å². The monoisotopic (exact) mass is 356 g/mol. The Morgan fingerprint density at radius 3 is 2.41 bits per heavy atom. The summed E-state index contributed by atoms with van der Waals surface area (Å²) in [5, 5.41) is 8.26. The average Bonchev–Trinajstić information content (AvgIpc) is 3.14. The van der Waals surface area contributed by atoms with Gasteiger partial charge in [-0.1, -0.05) is 74.0 Å². The summed E-state index contributed by atoms with van der Waals surface area (Å²) in [6.45, 7) is 4.35. The molecule has 4 heteroatoms. The standard InChI is InChI=1S/C23H24N4/c1-3-10-20-15-22(25-17(2)18-11-6-4-7-12-18)27-23(26-20)21(16-24-27)19-13-8-5-9-14-19/h4-9,11-17,25H,3,10H2,1-2H3/t17-/m0/s1. The maximum Gasteiger partial charge on any atom is 0.165 e. The van der Waals surface area contributed by atoms with Crippen LogP contribution in [0.5, 0.6) is 0 Å². The Labute approximate surface area is 159 Å². The van der Waals surface area contributed by atoms with E-state index >= 15 is 0 Å². The van der Waals surface area contributed by atoms with Crippen LogP contribution in [0.25, 0.3) is 16.8 Å². The Balaban J connectivity index is 1.79. The zero-order valence-electron chi connectivity index (χ0n) is 15.8. The van der Waals surface area contributed by atoms with Crippen molar-refractivity contribution in [1.29, 1.82) is 0 Å². The molecule has 0 aliphatic carbocycles. The fraction of sp³-hybridized carbons (Fsp3) is 0.217. The lowest BCUT2D eigenvalue weighted by Gasteiger charge is -2.17. The number of nitrogens with zero attached hydrogens (tertiary/aromatic N) is 3. The molecule has 0 spiro atoms. The Bertz CT molecular complexity index is 1020. The van der Waals surface area contributed by atoms with Crippen molar-refractivity contribution in [2.75, 3.05) is 5.32 Å². The van der Waals surface area contributed by atoms with Crippen molar-refractivity contribution in [3.05, 3.63) is 84.2 Å². The summed E-state index contributed by atoms with van der Waals surface area (Å²) >= 11 is 0. The molecule has 0 amide bonds. The third-order valence-corrected chi connectivity index (χ3v) is 4.78. The van der Waals surface area contributed by atoms with Crippen molar-refractivity contribution < 1.29 is 0 Å². The number of fused-ring (bicyclic) bond motifs is 1. The van der Waals surface area contributed by atoms with Crippen molar-refractivity contribution in [1.82, 2.24) is 14.6 Å². The molecule has 4 rings (SSSR count). The Kier molecular flexibility index (Phi) is 4.88. The third-order valence-electron chi connectivity index (χ3n) is 4.78. The largest absolute Gasteiger partial charge is 0.363 e. The summed E-state index contributed by atoms with van der Waals surface area (Å²) in [7, 11) is 0. The Morgan fingerprint density at radius 2 is 1.70 bits per heavy atom. The van der Waals surface area contributed by atoms with Gasteiger partial charge in [-0.3, -0.25) is 0 Å². The minimum atomic E-state index is 0.177. The molecule has 27 heavy (non-hydrogen) atoms. The molecule has 0 aliphatic rings. The number of anilines is 1. The van der Waals surface area contributed by atoms with Crippen LogP contribution in [0.15, 0.2) is 72.9 Å². The van der Waals surface area contributed by atoms with Gasteiger partial charge in [-0.15, -0.1) is 0 Å². The van der Waals surface area contributed by atoms with Crippen molar-refractivity contribution in [2.45, 2.75) is 32.7 Å². The first kappa shape index (κ1) is 17.3. The lowest BCUT2D eigenvalue weighted by molar-refractivity contribution is 0.822. The smallest absolute Gasteiger partial charge is 0.165 e. The SMILES string of the molecule is CCCc1cc(N[C@@H](C)c2ccccc2)n2ncc(-c3ccccc3)c2n1. The van der Waals surface area contributed by atoms with Crippen molar-refractivity contribution in [3.8, 4) is 11.1 Å². The molecule has 0 unspecified atom stereocenters. The lowest BCUT2D eigenvalue weighted by atomic mass is 10.1. The number of aryl methyl sites for hydroxylation is 1. The van der Waals surface area contributed by atoms with E-state index in [0.717, 1.165) is 41.1 Å². The predicted octanol–water partition coefficient (Wildman–Crippen LogP) is 5.52. The van der Waals surface area contributed by atoms with Gasteiger partial charge in [0.25, 0.3) is 0 Å². The van der Waals surface area contributed by atoms with Gasteiger partial charge in [0.2, 0.25) is 0 Å². The first-order chi connectivity index (χ1) is 13.3. The summed E-state index contributed by atoms with van der Waals surface area (Å²) in [6.07, 6.45) is 3.92. The summed E-state index contributed by atoms with van der Waals surface area (Å²) in [5.74, 6) is 0.974. The normalized spacial score (nSPS) is 12.2. The van der Waals surface area contributed by atoms with Crippen LogP contribution in [0.3, 0.4) is 0 Å². The quantitative estimate of drug-likeness (QED) is 0.494. The van der Waals surface area contributed by atoms with Gasteiger partial charge >= 0.3 is 0 Å². The van der Waals surface area contributed by atoms with Crippen LogP contribution in [0.1, 0.15) is 37.6 Å². The predicted molar refractivity (Wildman–Crippen MR) is 111 cm³/mol. The molecular weight excluding hydrogens is 332 g/mol. The van der Waals surface area contributed by atoms with Crippen LogP contribution in [0, 0.1) is 0 Å². The van der Waals surface area contributed by atoms with E-state index in [1.807, 2.05) is 35.0 Å². The summed E-state index contributed by atoms with van der Waals surface area (Å²) in [5.41, 5.74) is 5.43. The third kappa shape index (κ3) is 3.56. The van der Waals surface area contributed by atoms with Gasteiger partial charge < -0.3 is 5.32 Å². The van der Waals surface area contributed by atoms with E-state index in [-0.39, 0.29) is 6.04 Å². The fourth-order valence-corrected chi connectivity index (χ4v) is 3.37. The topological polar surface area (TPSA) is 42.2 Å². The van der Waals surface area contributed by atoms with E-state index in [2.05, 4.69) is 66.7 Å². The van der Waals surface area contributed by atoms with Crippen molar-refractivity contribution >= 4 is 11.5 Å². The van der Waals surface area contributed by atoms with Crippen LogP contribution >= 0.6 is 0 Å². The molecule has 0 radical (unpaired) electrons. The first-order valence-corrected chi connectivity index (χ1v) is 9.51. The maximum absolute atomic E-state index is 4.90. The molecule has 0 bridgehead atoms. The molecule has 0 saturated carbocycles. The van der Waals surface area contributed by atoms with E-state index in [0.29, 0.717) is 0 Å². The molecule has 0 fully saturated rings. The molecular formula is C23H24N4. The fourth-order valence-electron chi connectivity index (χ4n) is 3.37. The van der Waals surface area contributed by atoms with E-state index < -0.39 is 0 Å². The number of nitrogens with one attached hydrogen (secondary N) is 1. The molecule has 4 aromatic rings. The van der Waals surface area contributed by atoms with Crippen LogP contribution < -0.4 is 5.32 Å². The highest BCUT2D eigenvalue weighted by atomic mass is 15.3. The minimum absolute atomic E-state index is 0.177. The van der Waals surface area contributed by atoms with Crippen molar-refractivity contribution in [2.24, 2.45) is 0 Å². The van der Waals surface area contributed by atoms with Crippen LogP contribution in [0.4, 0.5) is 5.82 Å². The maximum atomic E-state index is 4.90. The second kappa shape index (κ2) is 7.62. The van der Waals surface area contributed by atoms with Gasteiger partial charge in [0.05, 0.1) is 6.20 Å². The second-order valence-electron chi connectivity index (χ2n) is 6.82. The van der Waals surface area contributed by atoms with Crippen LogP contribution in [-0.4, -0.2) is 14.6 Å². The summed E-state index contributed by atoms with van der Waals surface area (Å²) < 4.78 is 1.92. The molecule has 2 heterocycles. The number of benzene rings is 2. The van der Waals surface area contributed by atoms with Crippen molar-refractivity contribution in [3.63, 3.8) is 0 Å². The molecule has 136 valence electrons. The Morgan fingerprint density at radius 1 is 1.00 bits per heavy atom. The van der Waals surface area contributed by atoms with Gasteiger partial charge in [-0.2, -0.15) is 9.61 Å². The average molecular weight is 356 g/mol. The van der Waals surface area contributed by atoms with E-state index in [1.54, 1.807) is 0 Å². The second-order valence-corrected chi connectivity index (χ2v) is 6.82. The molecule has 0 aliphatic heterocycles. The first-order valence-electron chi connectivity index (χ1n) is 9.51. The van der Waals surface area contributed by atoms with Gasteiger partial charge in [-0.05, 0) is 24.5 Å².